The second-order valence-corrected chi connectivity index (χ2v) is 29.1. The van der Waals surface area contributed by atoms with E-state index in [1.807, 2.05) is 0 Å². The molecule has 2 aliphatic heterocycles. The molecule has 0 aromatic heterocycles. The summed E-state index contributed by atoms with van der Waals surface area (Å²) in [6.45, 7) is 3.44. The fraction of sp³-hybridized carbons (Fsp3) is 0.932. The van der Waals surface area contributed by atoms with Crippen LogP contribution in [0.25, 0.3) is 0 Å². The van der Waals surface area contributed by atoms with Gasteiger partial charge in [-0.05, 0) is 44.9 Å². The van der Waals surface area contributed by atoms with Crippen LogP contribution < -0.4 is 0 Å². The quantitative estimate of drug-likeness (QED) is 0.00886. The van der Waals surface area contributed by atoms with Gasteiger partial charge in [0.2, 0.25) is 0 Å². The van der Waals surface area contributed by atoms with Crippen LogP contribution in [0.1, 0.15) is 303 Å². The first kappa shape index (κ1) is 89.9. The van der Waals surface area contributed by atoms with E-state index in [1.165, 1.54) is 148 Å². The van der Waals surface area contributed by atoms with Crippen molar-refractivity contribution in [3.63, 3.8) is 0 Å². The van der Waals surface area contributed by atoms with Gasteiger partial charge in [0, 0.05) is 19.3 Å². The van der Waals surface area contributed by atoms with E-state index in [4.69, 9.17) is 42.2 Å². The molecule has 3 aliphatic rings. The first-order chi connectivity index (χ1) is 47.3. The van der Waals surface area contributed by atoms with Crippen molar-refractivity contribution < 1.29 is 117 Å². The number of esters is 3. The molecule has 2 saturated heterocycles. The van der Waals surface area contributed by atoms with Crippen LogP contribution in [-0.2, 0) is 61.2 Å². The number of rotatable bonds is 60. The Balaban J connectivity index is 1.71. The Bertz CT molecular complexity index is 2080. The molecule has 2 heterocycles. The highest BCUT2D eigenvalue weighted by atomic mass is 31.2. The number of unbranched alkanes of at least 4 members (excludes halogenated alkanes) is 37. The van der Waals surface area contributed by atoms with E-state index in [1.54, 1.807) is 0 Å². The van der Waals surface area contributed by atoms with Gasteiger partial charge in [-0.3, -0.25) is 23.4 Å². The van der Waals surface area contributed by atoms with Crippen molar-refractivity contribution in [3.8, 4) is 0 Å². The SMILES string of the molecule is CCCCCCCC/C=C\CCCCCC(=O)OCC(COP(=O)(O)OC1C(OC2OC(CO)C(O)C(O)C2O)C(O)C(O)C(O)C1OC1OC(COC(=O)CCCCCCCCCCCCCCCCCCC)C(O)C(O)C1O)OC(=O)CCCCCCCCCCCCCCC. The summed E-state index contributed by atoms with van der Waals surface area (Å²) >= 11 is 0. The summed E-state index contributed by atoms with van der Waals surface area (Å²) in [5.74, 6) is -2.00. The van der Waals surface area contributed by atoms with Crippen molar-refractivity contribution in [3.05, 3.63) is 12.2 Å². The van der Waals surface area contributed by atoms with Gasteiger partial charge in [0.25, 0.3) is 0 Å². The van der Waals surface area contributed by atoms with Gasteiger partial charge in [-0.1, -0.05) is 251 Å². The van der Waals surface area contributed by atoms with Crippen LogP contribution in [0.15, 0.2) is 12.2 Å². The summed E-state index contributed by atoms with van der Waals surface area (Å²) in [4.78, 5) is 51.0. The highest BCUT2D eigenvalue weighted by Crippen LogP contribution is 2.49. The molecule has 0 aromatic rings. The number of hydrogen-bond acceptors (Lipinski definition) is 23. The van der Waals surface area contributed by atoms with Crippen LogP contribution in [0.2, 0.25) is 0 Å². The third-order valence-electron chi connectivity index (χ3n) is 19.0. The van der Waals surface area contributed by atoms with E-state index in [-0.39, 0.29) is 19.3 Å². The maximum Gasteiger partial charge on any atom is 0.472 e. The molecular formula is C73H135O24P. The minimum atomic E-state index is -5.70. The molecule has 24 nitrogen and oxygen atoms in total. The molecule has 0 bridgehead atoms. The lowest BCUT2D eigenvalue weighted by Crippen LogP contribution is -2.69. The zero-order valence-electron chi connectivity index (χ0n) is 60.1. The minimum Gasteiger partial charge on any atom is -0.463 e. The Hall–Kier alpha value is -2.30. The largest absolute Gasteiger partial charge is 0.472 e. The molecule has 3 rings (SSSR count). The van der Waals surface area contributed by atoms with Gasteiger partial charge in [-0.15, -0.1) is 0 Å². The van der Waals surface area contributed by atoms with Crippen LogP contribution in [0.3, 0.4) is 0 Å². The molecule has 0 spiro atoms. The van der Waals surface area contributed by atoms with E-state index in [2.05, 4.69) is 32.9 Å². The number of ether oxygens (including phenoxy) is 7. The summed E-state index contributed by atoms with van der Waals surface area (Å²) in [6.07, 6.45) is 14.2. The Morgan fingerprint density at radius 3 is 1.11 bits per heavy atom. The number of aliphatic hydroxyl groups is 10. The maximum atomic E-state index is 14.3. The van der Waals surface area contributed by atoms with E-state index in [0.29, 0.717) is 19.3 Å². The van der Waals surface area contributed by atoms with Crippen LogP contribution in [0, 0.1) is 0 Å². The number of allylic oxidation sites excluding steroid dienone is 2. The second-order valence-electron chi connectivity index (χ2n) is 27.7. The minimum absolute atomic E-state index is 0.0277. The lowest BCUT2D eigenvalue weighted by molar-refractivity contribution is -0.360. The molecule has 25 heteroatoms. The number of phosphoric ester groups is 1. The average Bonchev–Trinajstić information content (AvgIpc) is 0.763. The molecule has 576 valence electrons. The number of hydrogen-bond donors (Lipinski definition) is 11. The van der Waals surface area contributed by atoms with Crippen molar-refractivity contribution in [2.24, 2.45) is 0 Å². The first-order valence-corrected chi connectivity index (χ1v) is 40.0. The third-order valence-corrected chi connectivity index (χ3v) is 20.0. The molecule has 0 radical (unpaired) electrons. The highest BCUT2D eigenvalue weighted by Gasteiger charge is 2.58. The summed E-state index contributed by atoms with van der Waals surface area (Å²) < 4.78 is 65.0. The molecule has 1 aliphatic carbocycles. The molecular weight excluding hydrogens is 1290 g/mol. The zero-order valence-corrected chi connectivity index (χ0v) is 61.0. The normalized spacial score (nSPS) is 27.7. The van der Waals surface area contributed by atoms with Gasteiger partial charge in [0.05, 0.1) is 13.2 Å². The Kier molecular flexibility index (Phi) is 50.7. The molecule has 98 heavy (non-hydrogen) atoms. The summed E-state index contributed by atoms with van der Waals surface area (Å²) in [5, 5.41) is 110. The molecule has 1 saturated carbocycles. The predicted octanol–water partition coefficient (Wildman–Crippen LogP) is 10.7. The smallest absolute Gasteiger partial charge is 0.463 e. The van der Waals surface area contributed by atoms with Crippen molar-refractivity contribution in [1.82, 2.24) is 0 Å². The van der Waals surface area contributed by atoms with Gasteiger partial charge in [0.15, 0.2) is 18.7 Å². The summed E-state index contributed by atoms with van der Waals surface area (Å²) in [7, 11) is -5.70. The fourth-order valence-corrected chi connectivity index (χ4v) is 13.7. The van der Waals surface area contributed by atoms with Crippen molar-refractivity contribution >= 4 is 25.7 Å². The Labute approximate surface area is 586 Å². The van der Waals surface area contributed by atoms with Gasteiger partial charge >= 0.3 is 25.7 Å². The van der Waals surface area contributed by atoms with E-state index in [0.717, 1.165) is 96.3 Å². The number of aliphatic hydroxyl groups excluding tert-OH is 10. The van der Waals surface area contributed by atoms with Gasteiger partial charge in [-0.25, -0.2) is 4.57 Å². The van der Waals surface area contributed by atoms with E-state index < -0.39 is 156 Å². The average molecular weight is 1430 g/mol. The molecule has 0 aromatic carbocycles. The van der Waals surface area contributed by atoms with E-state index in [9.17, 15) is 74.9 Å². The van der Waals surface area contributed by atoms with Crippen LogP contribution in [0.5, 0.6) is 0 Å². The van der Waals surface area contributed by atoms with Crippen molar-refractivity contribution in [1.29, 1.82) is 0 Å². The van der Waals surface area contributed by atoms with Crippen molar-refractivity contribution in [2.45, 2.75) is 407 Å². The van der Waals surface area contributed by atoms with Crippen LogP contribution >= 0.6 is 7.82 Å². The predicted molar refractivity (Wildman–Crippen MR) is 370 cm³/mol. The maximum absolute atomic E-state index is 14.3. The monoisotopic (exact) mass is 1430 g/mol. The van der Waals surface area contributed by atoms with Gasteiger partial charge in [-0.2, -0.15) is 0 Å². The second kappa shape index (κ2) is 55.2. The lowest BCUT2D eigenvalue weighted by Gasteiger charge is -2.49. The summed E-state index contributed by atoms with van der Waals surface area (Å²) in [6, 6.07) is 0. The highest BCUT2D eigenvalue weighted by molar-refractivity contribution is 7.47. The van der Waals surface area contributed by atoms with Crippen molar-refractivity contribution in [2.75, 3.05) is 26.4 Å². The number of phosphoric acid groups is 1. The number of carbonyl (C=O) groups excluding carboxylic acids is 3. The third kappa shape index (κ3) is 37.9. The van der Waals surface area contributed by atoms with Crippen LogP contribution in [-0.4, -0.2) is 204 Å². The lowest BCUT2D eigenvalue weighted by atomic mass is 9.84. The number of carbonyl (C=O) groups is 3. The zero-order chi connectivity index (χ0) is 71.8. The van der Waals surface area contributed by atoms with Gasteiger partial charge < -0.3 is 89.1 Å². The molecule has 18 atom stereocenters. The first-order valence-electron chi connectivity index (χ1n) is 38.5. The Morgan fingerprint density at radius 2 is 0.714 bits per heavy atom. The van der Waals surface area contributed by atoms with Gasteiger partial charge in [0.1, 0.15) is 98.7 Å². The standard InChI is InChI=1S/C73H135O24P/c1-4-7-10-13-16-19-22-25-26-27-28-31-33-36-39-42-45-48-58(76)90-53-56-61(79)63(81)68(86)73(94-56)96-70-66(84)64(82)65(83)69(95-72-67(85)62(80)60(78)55(50-74)93-72)71(70)97-98(87,88)91-52-54(92-59(77)49-46-43-40-37-34-30-24-21-18-15-12-9-6-3)51-89-57(75)47-44-41-38-35-32-29-23-20-17-14-11-8-5-2/h29,32,54-56,60-74,78-86H,4-28,30-31,33-53H2,1-3H3,(H,87,88)/b32-29-. The topological polar surface area (TPSA) is 374 Å². The molecule has 0 amide bonds. The summed E-state index contributed by atoms with van der Waals surface area (Å²) in [5.41, 5.74) is 0. The van der Waals surface area contributed by atoms with E-state index >= 15 is 0 Å². The Morgan fingerprint density at radius 1 is 0.388 bits per heavy atom. The molecule has 11 N–H and O–H groups in total. The fourth-order valence-electron chi connectivity index (χ4n) is 12.8. The molecule has 3 fully saturated rings. The molecule has 18 unspecified atom stereocenters. The van der Waals surface area contributed by atoms with Crippen LogP contribution in [0.4, 0.5) is 0 Å².